The number of nitrogens with zero attached hydrogens (tertiary/aromatic N) is 4. The first-order valence-corrected chi connectivity index (χ1v) is 21.6. The fraction of sp³-hybridized carbons (Fsp3) is 0.396. The van der Waals surface area contributed by atoms with Crippen LogP contribution in [0.15, 0.2) is 84.9 Å². The average molecular weight is 891 g/mol. The van der Waals surface area contributed by atoms with Gasteiger partial charge in [-0.05, 0) is 98.9 Å². The van der Waals surface area contributed by atoms with E-state index in [4.69, 9.17) is 5.73 Å². The van der Waals surface area contributed by atoms with Crippen LogP contribution in [0, 0.1) is 11.6 Å². The van der Waals surface area contributed by atoms with Gasteiger partial charge in [0.2, 0.25) is 0 Å². The number of alkyl halides is 3. The summed E-state index contributed by atoms with van der Waals surface area (Å²) in [5.74, 6) is -4.72. The minimum atomic E-state index is -5.12. The van der Waals surface area contributed by atoms with Gasteiger partial charge >= 0.3 is 24.1 Å². The number of anilines is 2. The highest BCUT2D eigenvalue weighted by molar-refractivity contribution is 6.00. The lowest BCUT2D eigenvalue weighted by Gasteiger charge is -2.33. The number of nitrogens with two attached hydrogens (primary N) is 1. The van der Waals surface area contributed by atoms with Crippen molar-refractivity contribution in [1.82, 2.24) is 15.1 Å². The van der Waals surface area contributed by atoms with Gasteiger partial charge in [-0.25, -0.2) is 18.4 Å². The van der Waals surface area contributed by atoms with E-state index in [-0.39, 0.29) is 54.2 Å². The first-order valence-electron chi connectivity index (χ1n) is 21.6. The van der Waals surface area contributed by atoms with Crippen molar-refractivity contribution in [3.05, 3.63) is 130 Å². The Bertz CT molecular complexity index is 2240. The predicted molar refractivity (Wildman–Crippen MR) is 235 cm³/mol. The largest absolute Gasteiger partial charge is 0.471 e. The topological polar surface area (TPSA) is 136 Å². The molecule has 4 aromatic rings. The molecule has 6 rings (SSSR count). The molecule has 4 aromatic carbocycles. The molecule has 64 heavy (non-hydrogen) atoms. The second-order valence-electron chi connectivity index (χ2n) is 15.7. The molecule has 3 N–H and O–H groups in total. The predicted octanol–water partition coefficient (Wildman–Crippen LogP) is 9.00. The molecule has 0 aromatic heterocycles. The number of hydrogen-bond donors (Lipinski definition) is 2. The van der Waals surface area contributed by atoms with Crippen molar-refractivity contribution >= 4 is 40.9 Å². The summed E-state index contributed by atoms with van der Waals surface area (Å²) in [6.45, 7) is 5.68. The van der Waals surface area contributed by atoms with Crippen molar-refractivity contribution in [2.24, 2.45) is 5.73 Å². The second-order valence-corrected chi connectivity index (χ2v) is 15.7. The molecule has 2 aliphatic heterocycles. The lowest BCUT2D eigenvalue weighted by molar-refractivity contribution is -0.173. The van der Waals surface area contributed by atoms with Crippen LogP contribution in [0.4, 0.5) is 42.9 Å². The number of carbonyl (C=O) groups excluding carboxylic acids is 5. The summed E-state index contributed by atoms with van der Waals surface area (Å²) in [5.41, 5.74) is 9.54. The fourth-order valence-corrected chi connectivity index (χ4v) is 7.39. The maximum atomic E-state index is 14.9. The van der Waals surface area contributed by atoms with E-state index in [9.17, 15) is 45.9 Å². The van der Waals surface area contributed by atoms with Crippen molar-refractivity contribution in [2.45, 2.75) is 84.5 Å². The molecular formula is C48H55F5N6O5. The van der Waals surface area contributed by atoms with Crippen LogP contribution in [0.25, 0.3) is 0 Å². The van der Waals surface area contributed by atoms with E-state index in [1.807, 2.05) is 48.2 Å². The monoisotopic (exact) mass is 890 g/mol. The molecule has 2 saturated heterocycles. The molecule has 0 saturated carbocycles. The van der Waals surface area contributed by atoms with Gasteiger partial charge in [0.15, 0.2) is 11.6 Å². The van der Waals surface area contributed by atoms with Gasteiger partial charge < -0.3 is 20.9 Å². The van der Waals surface area contributed by atoms with Crippen molar-refractivity contribution in [3.8, 4) is 0 Å². The number of hydrogen-bond acceptors (Lipinski definition) is 6. The van der Waals surface area contributed by atoms with Crippen molar-refractivity contribution in [1.29, 1.82) is 0 Å². The van der Waals surface area contributed by atoms with Gasteiger partial charge in [0.05, 0.1) is 26.2 Å². The summed E-state index contributed by atoms with van der Waals surface area (Å²) >= 11 is 0. The minimum Gasteiger partial charge on any atom is -0.341 e. The summed E-state index contributed by atoms with van der Waals surface area (Å²) in [7, 11) is 0. The molecular weight excluding hydrogens is 836 g/mol. The number of aryl methyl sites for hydroxylation is 2. The molecule has 0 radical (unpaired) electrons. The summed E-state index contributed by atoms with van der Waals surface area (Å²) in [5, 5.41) is 1.47. The Morgan fingerprint density at radius 3 is 1.33 bits per heavy atom. The van der Waals surface area contributed by atoms with Gasteiger partial charge in [-0.3, -0.25) is 24.2 Å². The summed E-state index contributed by atoms with van der Waals surface area (Å²) in [6.07, 6.45) is 2.54. The number of likely N-dealkylation sites (tertiary alicyclic amines) is 2. The quantitative estimate of drug-likeness (QED) is 0.102. The van der Waals surface area contributed by atoms with Crippen molar-refractivity contribution < 1.29 is 45.9 Å². The third-order valence-corrected chi connectivity index (χ3v) is 11.3. The maximum absolute atomic E-state index is 14.9. The molecule has 2 fully saturated rings. The van der Waals surface area contributed by atoms with E-state index in [2.05, 4.69) is 6.92 Å². The highest BCUT2D eigenvalue weighted by atomic mass is 19.4. The Hall–Kier alpha value is -6.16. The number of ketones is 2. The molecule has 2 aliphatic rings. The third kappa shape index (κ3) is 13.2. The zero-order valence-electron chi connectivity index (χ0n) is 36.2. The molecule has 0 unspecified atom stereocenters. The lowest BCUT2D eigenvalue weighted by atomic mass is 10.1. The Kier molecular flexibility index (Phi) is 17.5. The Balaban J connectivity index is 0.000000245. The van der Waals surface area contributed by atoms with Crippen LogP contribution >= 0.6 is 0 Å². The van der Waals surface area contributed by atoms with Crippen LogP contribution < -0.4 is 20.9 Å². The van der Waals surface area contributed by atoms with Crippen molar-refractivity contribution in [3.63, 3.8) is 0 Å². The summed E-state index contributed by atoms with van der Waals surface area (Å²) in [6, 6.07) is 22.7. The molecule has 0 spiro atoms. The van der Waals surface area contributed by atoms with Gasteiger partial charge in [0.25, 0.3) is 0 Å². The Labute approximate surface area is 370 Å². The van der Waals surface area contributed by atoms with Crippen LogP contribution in [0.5, 0.6) is 0 Å². The van der Waals surface area contributed by atoms with E-state index in [0.29, 0.717) is 24.3 Å². The van der Waals surface area contributed by atoms with E-state index in [0.717, 1.165) is 81.8 Å². The van der Waals surface area contributed by atoms with E-state index < -0.39 is 36.0 Å². The number of rotatable bonds is 13. The Morgan fingerprint density at radius 2 is 0.984 bits per heavy atom. The number of urea groups is 2. The van der Waals surface area contributed by atoms with Crippen molar-refractivity contribution in [2.75, 3.05) is 49.1 Å². The number of amides is 5. The molecule has 2 heterocycles. The lowest BCUT2D eigenvalue weighted by Crippen LogP contribution is -2.45. The van der Waals surface area contributed by atoms with E-state index in [1.54, 1.807) is 34.1 Å². The average Bonchev–Trinajstić information content (AvgIpc) is 3.32. The van der Waals surface area contributed by atoms with Gasteiger partial charge in [0, 0.05) is 59.8 Å². The normalized spacial score (nSPS) is 13.9. The molecule has 5 amide bonds. The highest BCUT2D eigenvalue weighted by Gasteiger charge is 2.38. The molecule has 342 valence electrons. The van der Waals surface area contributed by atoms with E-state index >= 15 is 0 Å². The summed E-state index contributed by atoms with van der Waals surface area (Å²) < 4.78 is 66.5. The number of Topliss-reactive ketones (excluding diaryl/α,β-unsaturated/α-hetero) is 2. The van der Waals surface area contributed by atoms with Gasteiger partial charge in [0.1, 0.15) is 11.6 Å². The van der Waals surface area contributed by atoms with Gasteiger partial charge in [-0.15, -0.1) is 0 Å². The SMILES string of the molecule is CCc1ccc(N(Cc2ccc(C(=O)CN)cc2F)C(=O)N2CCCCC2)cc1.CCc1ccc(N(Cc2ccc(C(=O)CNC(=O)C(F)(F)F)cc2F)C(=O)N2CCCCC2)cc1. The molecule has 0 bridgehead atoms. The van der Waals surface area contributed by atoms with Crippen LogP contribution in [-0.2, 0) is 30.7 Å². The number of benzene rings is 4. The zero-order valence-corrected chi connectivity index (χ0v) is 36.2. The number of halogens is 5. The first-order chi connectivity index (χ1) is 30.6. The molecule has 11 nitrogen and oxygen atoms in total. The minimum absolute atomic E-state index is 0.0914. The standard InChI is InChI=1S/C25H27F4N3O3.C23H28FN3O2/c1-2-17-6-10-20(11-7-17)32(24(35)31-12-4-3-5-13-31)16-19-9-8-18(14-21(19)26)22(33)15-30-23(34)25(27,28)29;1-2-17-6-10-20(11-7-17)27(23(29)26-12-4-3-5-13-26)16-19-9-8-18(14-21(19)24)22(28)15-25/h6-11,14H,2-5,12-13,15-16H2,1H3,(H,30,34);6-11,14H,2-5,12-13,15-16,25H2,1H3. The smallest absolute Gasteiger partial charge is 0.341 e. The van der Waals surface area contributed by atoms with Crippen LogP contribution in [0.2, 0.25) is 0 Å². The number of carbonyl (C=O) groups is 5. The number of piperidine rings is 2. The molecule has 0 aliphatic carbocycles. The molecule has 0 atom stereocenters. The summed E-state index contributed by atoms with van der Waals surface area (Å²) in [4.78, 5) is 68.0. The highest BCUT2D eigenvalue weighted by Crippen LogP contribution is 2.26. The fourth-order valence-electron chi connectivity index (χ4n) is 7.39. The van der Waals surface area contributed by atoms with Gasteiger partial charge in [-0.2, -0.15) is 13.2 Å². The first kappa shape index (κ1) is 48.9. The van der Waals surface area contributed by atoms with Crippen LogP contribution in [0.3, 0.4) is 0 Å². The van der Waals surface area contributed by atoms with E-state index in [1.165, 1.54) is 34.0 Å². The Morgan fingerprint density at radius 1 is 0.594 bits per heavy atom. The molecule has 16 heteroatoms. The maximum Gasteiger partial charge on any atom is 0.471 e. The number of nitrogens with one attached hydrogen (secondary N) is 1. The third-order valence-electron chi connectivity index (χ3n) is 11.3. The van der Waals surface area contributed by atoms with Crippen LogP contribution in [0.1, 0.15) is 95.3 Å². The van der Waals surface area contributed by atoms with Crippen LogP contribution in [-0.4, -0.2) is 84.8 Å². The zero-order chi connectivity index (χ0) is 46.4. The second kappa shape index (κ2) is 23.0. The van der Waals surface area contributed by atoms with Gasteiger partial charge in [-0.1, -0.05) is 62.4 Å².